The molecule has 27 heavy (non-hydrogen) atoms. The average Bonchev–Trinajstić information content (AvgIpc) is 3.09. The van der Waals surface area contributed by atoms with Crippen LogP contribution in [0, 0.1) is 0 Å². The summed E-state index contributed by atoms with van der Waals surface area (Å²) in [6.07, 6.45) is -5.04. The van der Waals surface area contributed by atoms with E-state index < -0.39 is 29.9 Å². The molecule has 6 nitrogen and oxygen atoms in total. The van der Waals surface area contributed by atoms with Gasteiger partial charge in [0.2, 0.25) is 0 Å². The van der Waals surface area contributed by atoms with Gasteiger partial charge in [0.15, 0.2) is 11.6 Å². The Labute approximate surface area is 157 Å². The third-order valence-electron chi connectivity index (χ3n) is 3.59. The van der Waals surface area contributed by atoms with Gasteiger partial charge in [-0.1, -0.05) is 12.1 Å². The van der Waals surface area contributed by atoms with Gasteiger partial charge < -0.3 is 20.3 Å². The number of hydrogen-bond donors (Lipinski definition) is 3. The van der Waals surface area contributed by atoms with Crippen LogP contribution in [-0.2, 0) is 17.4 Å². The summed E-state index contributed by atoms with van der Waals surface area (Å²) in [5.74, 6) is -0.612. The van der Waals surface area contributed by atoms with Crippen molar-refractivity contribution in [3.63, 3.8) is 0 Å². The molecule has 1 aromatic carbocycles. The topological polar surface area (TPSA) is 91.7 Å². The molecule has 1 aromatic heterocycles. The highest BCUT2D eigenvalue weighted by Crippen LogP contribution is 2.32. The van der Waals surface area contributed by atoms with Crippen LogP contribution in [0.1, 0.15) is 29.3 Å². The number of hydrogen-bond acceptors (Lipinski definition) is 6. The van der Waals surface area contributed by atoms with Crippen molar-refractivity contribution < 1.29 is 32.9 Å². The van der Waals surface area contributed by atoms with Crippen LogP contribution in [0.25, 0.3) is 0 Å². The largest absolute Gasteiger partial charge is 0.482 e. The number of aliphatic carboxylic acids is 1. The third kappa shape index (κ3) is 6.81. The van der Waals surface area contributed by atoms with Crippen LogP contribution in [0.15, 0.2) is 29.6 Å². The molecule has 2 rings (SSSR count). The molecule has 0 radical (unpaired) electrons. The summed E-state index contributed by atoms with van der Waals surface area (Å²) in [6.45, 7) is 1.54. The summed E-state index contributed by atoms with van der Waals surface area (Å²) in [6, 6.07) is 6.86. The number of alkyl halides is 3. The molecule has 0 unspecified atom stereocenters. The number of halogens is 3. The molecule has 1 heterocycles. The van der Waals surface area contributed by atoms with Gasteiger partial charge in [0.1, 0.15) is 11.9 Å². The van der Waals surface area contributed by atoms with Gasteiger partial charge in [-0.05, 0) is 31.0 Å². The van der Waals surface area contributed by atoms with E-state index in [1.807, 2.05) is 6.92 Å². The lowest BCUT2D eigenvalue weighted by Crippen LogP contribution is -2.32. The summed E-state index contributed by atoms with van der Waals surface area (Å²) < 4.78 is 42.7. The van der Waals surface area contributed by atoms with E-state index in [-0.39, 0.29) is 18.3 Å². The molecule has 0 aliphatic rings. The molecule has 0 fully saturated rings. The average molecular weight is 404 g/mol. The molecular formula is C17H19F3N2O4S. The van der Waals surface area contributed by atoms with Gasteiger partial charge in [0, 0.05) is 18.0 Å². The van der Waals surface area contributed by atoms with E-state index in [9.17, 15) is 23.1 Å². The maximum Gasteiger partial charge on any atom is 0.443 e. The molecular weight excluding hydrogens is 385 g/mol. The Balaban J connectivity index is 1.80. The molecule has 0 saturated carbocycles. The number of carboxylic acids is 1. The fourth-order valence-corrected chi connectivity index (χ4v) is 3.01. The molecule has 0 spiro atoms. The predicted octanol–water partition coefficient (Wildman–Crippen LogP) is 2.88. The zero-order chi connectivity index (χ0) is 20.0. The van der Waals surface area contributed by atoms with Crippen LogP contribution >= 0.6 is 11.3 Å². The van der Waals surface area contributed by atoms with Gasteiger partial charge in [-0.25, -0.2) is 9.78 Å². The maximum atomic E-state index is 12.5. The van der Waals surface area contributed by atoms with Crippen molar-refractivity contribution in [3.05, 3.63) is 45.9 Å². The van der Waals surface area contributed by atoms with E-state index >= 15 is 0 Å². The van der Waals surface area contributed by atoms with Crippen LogP contribution in [0.4, 0.5) is 13.2 Å². The van der Waals surface area contributed by atoms with Crippen LogP contribution in [0.2, 0.25) is 0 Å². The Kier molecular flexibility index (Phi) is 7.17. The summed E-state index contributed by atoms with van der Waals surface area (Å²) in [7, 11) is 0. The van der Waals surface area contributed by atoms with Crippen molar-refractivity contribution in [3.8, 4) is 5.75 Å². The molecule has 2 aromatic rings. The Morgan fingerprint density at radius 2 is 2.00 bits per heavy atom. The lowest BCUT2D eigenvalue weighted by atomic mass is 10.1. The first-order valence-corrected chi connectivity index (χ1v) is 8.90. The lowest BCUT2D eigenvalue weighted by molar-refractivity contribution is -0.139. The summed E-state index contributed by atoms with van der Waals surface area (Å²) in [5.41, 5.74) is 0.951. The van der Waals surface area contributed by atoms with Crippen molar-refractivity contribution >= 4 is 17.3 Å². The quantitative estimate of drug-likeness (QED) is 0.595. The van der Waals surface area contributed by atoms with E-state index in [0.29, 0.717) is 23.5 Å². The highest BCUT2D eigenvalue weighted by atomic mass is 32.1. The second kappa shape index (κ2) is 9.16. The number of carboxylic acid groups (broad SMARTS) is 1. The second-order valence-corrected chi connectivity index (χ2v) is 6.79. The van der Waals surface area contributed by atoms with Crippen molar-refractivity contribution in [1.82, 2.24) is 10.3 Å². The summed E-state index contributed by atoms with van der Waals surface area (Å²) in [5, 5.41) is 21.9. The van der Waals surface area contributed by atoms with Crippen LogP contribution in [0.5, 0.6) is 5.75 Å². The number of benzene rings is 1. The maximum absolute atomic E-state index is 12.5. The number of nitrogens with one attached hydrogen (secondary N) is 1. The molecule has 0 saturated heterocycles. The third-order valence-corrected chi connectivity index (χ3v) is 4.50. The van der Waals surface area contributed by atoms with E-state index in [1.54, 1.807) is 24.3 Å². The first kappa shape index (κ1) is 21.1. The standard InChI is InChI=1S/C17H19F3N2O4S/c1-10(6-11-2-4-12(5-3-11)26-8-15(24)25)21-7-14(23)13-9-27-16(22-13)17(18,19)20/h2-5,9-10,14,21,23H,6-8H2,1H3,(H,24,25)/t10-,14+/m1/s1. The van der Waals surface area contributed by atoms with Crippen molar-refractivity contribution in [2.24, 2.45) is 0 Å². The first-order chi connectivity index (χ1) is 12.6. The molecule has 148 valence electrons. The van der Waals surface area contributed by atoms with Gasteiger partial charge in [-0.15, -0.1) is 11.3 Å². The number of nitrogens with zero attached hydrogens (tertiary/aromatic N) is 1. The number of rotatable bonds is 9. The number of aliphatic hydroxyl groups is 1. The highest BCUT2D eigenvalue weighted by molar-refractivity contribution is 7.09. The predicted molar refractivity (Wildman–Crippen MR) is 92.8 cm³/mol. The molecule has 0 bridgehead atoms. The molecule has 2 atom stereocenters. The SMILES string of the molecule is C[C@H](Cc1ccc(OCC(=O)O)cc1)NC[C@H](O)c1csc(C(F)(F)F)n1. The monoisotopic (exact) mass is 404 g/mol. The van der Waals surface area contributed by atoms with Gasteiger partial charge in [0.25, 0.3) is 0 Å². The summed E-state index contributed by atoms with van der Waals surface area (Å²) in [4.78, 5) is 13.9. The first-order valence-electron chi connectivity index (χ1n) is 8.02. The number of aliphatic hydroxyl groups excluding tert-OH is 1. The van der Waals surface area contributed by atoms with Gasteiger partial charge >= 0.3 is 12.1 Å². The minimum absolute atomic E-state index is 0.00745. The van der Waals surface area contributed by atoms with E-state index in [2.05, 4.69) is 10.3 Å². The van der Waals surface area contributed by atoms with Crippen molar-refractivity contribution in [2.75, 3.05) is 13.2 Å². The number of ether oxygens (including phenoxy) is 1. The number of aromatic nitrogens is 1. The zero-order valence-electron chi connectivity index (χ0n) is 14.4. The lowest BCUT2D eigenvalue weighted by Gasteiger charge is -2.16. The summed E-state index contributed by atoms with van der Waals surface area (Å²) >= 11 is 0.456. The van der Waals surface area contributed by atoms with Crippen molar-refractivity contribution in [1.29, 1.82) is 0 Å². The molecule has 0 aliphatic carbocycles. The van der Waals surface area contributed by atoms with Gasteiger partial charge in [0.05, 0.1) is 5.69 Å². The Morgan fingerprint density at radius 1 is 1.33 bits per heavy atom. The Hall–Kier alpha value is -2.17. The van der Waals surface area contributed by atoms with Crippen LogP contribution < -0.4 is 10.1 Å². The van der Waals surface area contributed by atoms with Crippen LogP contribution in [-0.4, -0.2) is 40.4 Å². The number of carbonyl (C=O) groups is 1. The normalized spacial score (nSPS) is 14.0. The Morgan fingerprint density at radius 3 is 2.56 bits per heavy atom. The molecule has 0 aliphatic heterocycles. The molecule has 10 heteroatoms. The van der Waals surface area contributed by atoms with Gasteiger partial charge in [-0.3, -0.25) is 0 Å². The second-order valence-electron chi connectivity index (χ2n) is 5.93. The van der Waals surface area contributed by atoms with Crippen LogP contribution in [0.3, 0.4) is 0 Å². The minimum Gasteiger partial charge on any atom is -0.482 e. The van der Waals surface area contributed by atoms with E-state index in [0.717, 1.165) is 5.56 Å². The smallest absolute Gasteiger partial charge is 0.443 e. The van der Waals surface area contributed by atoms with E-state index in [1.165, 1.54) is 5.38 Å². The molecule has 0 amide bonds. The molecule has 3 N–H and O–H groups in total. The minimum atomic E-state index is -4.51. The number of thiazole rings is 1. The Bertz CT molecular complexity index is 749. The fourth-order valence-electron chi connectivity index (χ4n) is 2.28. The fraction of sp³-hybridized carbons (Fsp3) is 0.412. The van der Waals surface area contributed by atoms with Gasteiger partial charge in [-0.2, -0.15) is 13.2 Å². The highest BCUT2D eigenvalue weighted by Gasteiger charge is 2.35. The van der Waals surface area contributed by atoms with E-state index in [4.69, 9.17) is 9.84 Å². The zero-order valence-corrected chi connectivity index (χ0v) is 15.2. The van der Waals surface area contributed by atoms with Crippen molar-refractivity contribution in [2.45, 2.75) is 31.7 Å².